The Morgan fingerprint density at radius 2 is 1.96 bits per heavy atom. The fourth-order valence-electron chi connectivity index (χ4n) is 4.45. The molecule has 2 heterocycles. The number of carbonyl (C=O) groups excluding carboxylic acids is 2. The van der Waals surface area contributed by atoms with Gasteiger partial charge in [0.25, 0.3) is 5.91 Å². The Hall–Kier alpha value is -1.36. The Labute approximate surface area is 145 Å². The third-order valence-corrected chi connectivity index (χ3v) is 5.63. The third kappa shape index (κ3) is 3.66. The highest BCUT2D eigenvalue weighted by molar-refractivity contribution is 6.02. The van der Waals surface area contributed by atoms with Crippen LogP contribution in [0.15, 0.2) is 11.1 Å². The molecule has 0 bridgehead atoms. The third-order valence-electron chi connectivity index (χ3n) is 5.63. The van der Waals surface area contributed by atoms with Gasteiger partial charge in [0.15, 0.2) is 0 Å². The molecule has 24 heavy (non-hydrogen) atoms. The zero-order valence-electron chi connectivity index (χ0n) is 15.1. The monoisotopic (exact) mass is 333 g/mol. The number of nitrogens with one attached hydrogen (secondary N) is 1. The first-order valence-corrected chi connectivity index (χ1v) is 9.61. The number of rotatable bonds is 6. The van der Waals surface area contributed by atoms with E-state index in [4.69, 9.17) is 0 Å². The summed E-state index contributed by atoms with van der Waals surface area (Å²) in [7, 11) is 0. The minimum atomic E-state index is -0.0000217. The lowest BCUT2D eigenvalue weighted by molar-refractivity contribution is -0.130. The molecule has 0 aromatic rings. The van der Waals surface area contributed by atoms with Crippen molar-refractivity contribution < 1.29 is 9.59 Å². The predicted octanol–water partition coefficient (Wildman–Crippen LogP) is 2.08. The average molecular weight is 333 g/mol. The second kappa shape index (κ2) is 7.68. The van der Waals surface area contributed by atoms with Crippen LogP contribution in [0.1, 0.15) is 58.8 Å². The Balaban J connectivity index is 1.57. The highest BCUT2D eigenvalue weighted by Crippen LogP contribution is 2.38. The van der Waals surface area contributed by atoms with Crippen molar-refractivity contribution in [2.45, 2.75) is 70.9 Å². The average Bonchev–Trinajstić information content (AvgIpc) is 3.15. The lowest BCUT2D eigenvalue weighted by Crippen LogP contribution is -2.41. The van der Waals surface area contributed by atoms with Crippen LogP contribution in [0.5, 0.6) is 0 Å². The lowest BCUT2D eigenvalue weighted by Gasteiger charge is -2.33. The maximum Gasteiger partial charge on any atom is 0.251 e. The largest absolute Gasteiger partial charge is 0.355 e. The van der Waals surface area contributed by atoms with Crippen molar-refractivity contribution in [3.05, 3.63) is 11.1 Å². The number of carbonyl (C=O) groups is 2. The molecule has 2 aliphatic heterocycles. The second-order valence-corrected chi connectivity index (χ2v) is 7.65. The number of hydrogen-bond donors (Lipinski definition) is 1. The SMILES string of the molecule is CC(C)N1C(=O)C(CC(=O)NCCN2CCCC2)=C2CCCCC21. The number of fused-ring (bicyclic) bond motifs is 1. The molecule has 1 atom stereocenters. The molecule has 0 radical (unpaired) electrons. The summed E-state index contributed by atoms with van der Waals surface area (Å²) in [6.07, 6.45) is 7.16. The van der Waals surface area contributed by atoms with E-state index in [2.05, 4.69) is 24.1 Å². The molecule has 2 amide bonds. The van der Waals surface area contributed by atoms with Gasteiger partial charge in [-0.2, -0.15) is 0 Å². The molecule has 2 fully saturated rings. The molecule has 0 aromatic heterocycles. The number of nitrogens with zero attached hydrogens (tertiary/aromatic N) is 2. The van der Waals surface area contributed by atoms with E-state index in [0.717, 1.165) is 44.5 Å². The van der Waals surface area contributed by atoms with Crippen LogP contribution in [0.3, 0.4) is 0 Å². The summed E-state index contributed by atoms with van der Waals surface area (Å²) in [5, 5.41) is 3.01. The van der Waals surface area contributed by atoms with Gasteiger partial charge in [0.1, 0.15) is 0 Å². The standard InChI is InChI=1S/C19H31N3O2/c1-14(2)22-17-8-4-3-7-15(17)16(19(22)24)13-18(23)20-9-12-21-10-5-6-11-21/h14,17H,3-13H2,1-2H3,(H,20,23). The Kier molecular flexibility index (Phi) is 5.59. The normalized spacial score (nSPS) is 24.9. The van der Waals surface area contributed by atoms with E-state index in [1.807, 2.05) is 4.90 Å². The molecule has 134 valence electrons. The van der Waals surface area contributed by atoms with Gasteiger partial charge in [-0.05, 0) is 64.6 Å². The van der Waals surface area contributed by atoms with Crippen molar-refractivity contribution in [2.75, 3.05) is 26.2 Å². The highest BCUT2D eigenvalue weighted by atomic mass is 16.2. The topological polar surface area (TPSA) is 52.7 Å². The van der Waals surface area contributed by atoms with Gasteiger partial charge in [0, 0.05) is 24.7 Å². The molecule has 5 heteroatoms. The summed E-state index contributed by atoms with van der Waals surface area (Å²) in [4.78, 5) is 29.5. The molecule has 3 rings (SSSR count). The molecule has 1 saturated carbocycles. The van der Waals surface area contributed by atoms with Gasteiger partial charge < -0.3 is 15.1 Å². The maximum atomic E-state index is 12.8. The number of amides is 2. The zero-order chi connectivity index (χ0) is 17.1. The van der Waals surface area contributed by atoms with Crippen molar-refractivity contribution in [3.63, 3.8) is 0 Å². The van der Waals surface area contributed by atoms with Gasteiger partial charge in [-0.25, -0.2) is 0 Å². The summed E-state index contributed by atoms with van der Waals surface area (Å²) >= 11 is 0. The first kappa shape index (κ1) is 17.5. The molecule has 5 nitrogen and oxygen atoms in total. The van der Waals surface area contributed by atoms with E-state index in [0.29, 0.717) is 6.54 Å². The Morgan fingerprint density at radius 1 is 1.21 bits per heavy atom. The molecule has 0 spiro atoms. The Morgan fingerprint density at radius 3 is 2.67 bits per heavy atom. The first-order valence-electron chi connectivity index (χ1n) is 9.61. The number of likely N-dealkylation sites (tertiary alicyclic amines) is 1. The van der Waals surface area contributed by atoms with Gasteiger partial charge in [0.05, 0.1) is 12.5 Å². The van der Waals surface area contributed by atoms with Crippen LogP contribution in [0.25, 0.3) is 0 Å². The molecule has 1 unspecified atom stereocenters. The van der Waals surface area contributed by atoms with Crippen LogP contribution >= 0.6 is 0 Å². The van der Waals surface area contributed by atoms with Crippen molar-refractivity contribution >= 4 is 11.8 Å². The van der Waals surface area contributed by atoms with Gasteiger partial charge >= 0.3 is 0 Å². The molecule has 1 N–H and O–H groups in total. The van der Waals surface area contributed by atoms with Crippen LogP contribution in [-0.2, 0) is 9.59 Å². The fraction of sp³-hybridized carbons (Fsp3) is 0.789. The smallest absolute Gasteiger partial charge is 0.251 e. The molecular weight excluding hydrogens is 302 g/mol. The van der Waals surface area contributed by atoms with Crippen molar-refractivity contribution in [1.29, 1.82) is 0 Å². The predicted molar refractivity (Wildman–Crippen MR) is 94.6 cm³/mol. The summed E-state index contributed by atoms with van der Waals surface area (Å²) in [5.74, 6) is 0.0987. The summed E-state index contributed by atoms with van der Waals surface area (Å²) in [5.41, 5.74) is 2.03. The van der Waals surface area contributed by atoms with E-state index < -0.39 is 0 Å². The van der Waals surface area contributed by atoms with E-state index in [9.17, 15) is 9.59 Å². The summed E-state index contributed by atoms with van der Waals surface area (Å²) in [6, 6.07) is 0.449. The number of hydrogen-bond acceptors (Lipinski definition) is 3. The summed E-state index contributed by atoms with van der Waals surface area (Å²) in [6.45, 7) is 8.05. The lowest BCUT2D eigenvalue weighted by atomic mass is 9.88. The Bertz CT molecular complexity index is 521. The second-order valence-electron chi connectivity index (χ2n) is 7.65. The zero-order valence-corrected chi connectivity index (χ0v) is 15.1. The fourth-order valence-corrected chi connectivity index (χ4v) is 4.45. The van der Waals surface area contributed by atoms with Crippen molar-refractivity contribution in [2.24, 2.45) is 0 Å². The van der Waals surface area contributed by atoms with Gasteiger partial charge in [-0.3, -0.25) is 9.59 Å². The van der Waals surface area contributed by atoms with Crippen molar-refractivity contribution in [1.82, 2.24) is 15.1 Å². The first-order chi connectivity index (χ1) is 11.6. The van der Waals surface area contributed by atoms with Crippen LogP contribution in [-0.4, -0.2) is 59.9 Å². The van der Waals surface area contributed by atoms with Crippen LogP contribution in [0, 0.1) is 0 Å². The van der Waals surface area contributed by atoms with Gasteiger partial charge in [-0.15, -0.1) is 0 Å². The molecule has 0 aromatic carbocycles. The highest BCUT2D eigenvalue weighted by Gasteiger charge is 2.41. The molecule has 1 saturated heterocycles. The molecule has 1 aliphatic carbocycles. The van der Waals surface area contributed by atoms with Crippen molar-refractivity contribution in [3.8, 4) is 0 Å². The van der Waals surface area contributed by atoms with Crippen LogP contribution < -0.4 is 5.32 Å². The van der Waals surface area contributed by atoms with Crippen LogP contribution in [0.4, 0.5) is 0 Å². The summed E-state index contributed by atoms with van der Waals surface area (Å²) < 4.78 is 0. The quantitative estimate of drug-likeness (QED) is 0.810. The maximum absolute atomic E-state index is 12.8. The van der Waals surface area contributed by atoms with E-state index in [1.54, 1.807) is 0 Å². The van der Waals surface area contributed by atoms with E-state index >= 15 is 0 Å². The van der Waals surface area contributed by atoms with Crippen LogP contribution in [0.2, 0.25) is 0 Å². The van der Waals surface area contributed by atoms with E-state index in [-0.39, 0.29) is 30.3 Å². The molecular formula is C19H31N3O2. The van der Waals surface area contributed by atoms with E-state index in [1.165, 1.54) is 24.8 Å². The minimum Gasteiger partial charge on any atom is -0.355 e. The minimum absolute atomic E-state index is 0.0000217. The van der Waals surface area contributed by atoms with Gasteiger partial charge in [0.2, 0.25) is 5.91 Å². The molecule has 3 aliphatic rings. The van der Waals surface area contributed by atoms with Gasteiger partial charge in [-0.1, -0.05) is 6.42 Å².